The zero-order chi connectivity index (χ0) is 27.1. The molecule has 38 heavy (non-hydrogen) atoms. The van der Waals surface area contributed by atoms with Gasteiger partial charge >= 0.3 is 6.09 Å². The fraction of sp³-hybridized carbons (Fsp3) is 0.276. The van der Waals surface area contributed by atoms with Gasteiger partial charge in [0.1, 0.15) is 11.7 Å². The molecule has 0 spiro atoms. The zero-order valence-corrected chi connectivity index (χ0v) is 21.3. The Hall–Kier alpha value is -4.71. The van der Waals surface area contributed by atoms with Gasteiger partial charge in [0.2, 0.25) is 11.8 Å². The Morgan fingerprint density at radius 2 is 1.84 bits per heavy atom. The largest absolute Gasteiger partial charge is 0.438 e. The second-order valence-corrected chi connectivity index (χ2v) is 9.24. The van der Waals surface area contributed by atoms with Crippen LogP contribution >= 0.6 is 0 Å². The van der Waals surface area contributed by atoms with Crippen molar-refractivity contribution in [2.24, 2.45) is 0 Å². The Morgan fingerprint density at radius 3 is 2.45 bits per heavy atom. The van der Waals surface area contributed by atoms with E-state index in [-0.39, 0.29) is 30.7 Å². The lowest BCUT2D eigenvalue weighted by Gasteiger charge is -2.43. The van der Waals surface area contributed by atoms with Crippen molar-refractivity contribution in [3.63, 3.8) is 0 Å². The van der Waals surface area contributed by atoms with Gasteiger partial charge in [0.25, 0.3) is 0 Å². The van der Waals surface area contributed by atoms with E-state index in [4.69, 9.17) is 10.00 Å². The summed E-state index contributed by atoms with van der Waals surface area (Å²) in [5, 5.41) is 8.97. The number of hydrogen-bond donors (Lipinski definition) is 2. The van der Waals surface area contributed by atoms with Crippen LogP contribution in [0.25, 0.3) is 11.3 Å². The Bertz CT molecular complexity index is 1340. The maximum absolute atomic E-state index is 13.3. The van der Waals surface area contributed by atoms with E-state index in [1.54, 1.807) is 17.0 Å². The molecule has 0 bridgehead atoms. The van der Waals surface area contributed by atoms with Crippen molar-refractivity contribution in [1.29, 1.82) is 5.26 Å². The highest BCUT2D eigenvalue weighted by Gasteiger charge is 2.43. The number of aromatic nitrogens is 1. The van der Waals surface area contributed by atoms with Crippen LogP contribution < -0.4 is 10.9 Å². The van der Waals surface area contributed by atoms with Crippen molar-refractivity contribution in [1.82, 2.24) is 20.7 Å². The molecule has 1 aromatic heterocycles. The molecule has 3 amide bonds. The molecule has 1 saturated heterocycles. The first-order valence-electron chi connectivity index (χ1n) is 12.4. The van der Waals surface area contributed by atoms with E-state index in [0.717, 1.165) is 22.4 Å². The first-order valence-corrected chi connectivity index (χ1v) is 12.4. The van der Waals surface area contributed by atoms with E-state index in [2.05, 4.69) is 21.9 Å². The third-order valence-corrected chi connectivity index (χ3v) is 6.76. The number of carbonyl (C=O) groups is 3. The van der Waals surface area contributed by atoms with Crippen LogP contribution in [-0.4, -0.2) is 34.3 Å². The van der Waals surface area contributed by atoms with E-state index < -0.39 is 11.7 Å². The number of nitrogens with one attached hydrogen (secondary N) is 2. The summed E-state index contributed by atoms with van der Waals surface area (Å²) in [6.45, 7) is 3.70. The van der Waals surface area contributed by atoms with Gasteiger partial charge in [0.05, 0.1) is 17.3 Å². The fourth-order valence-corrected chi connectivity index (χ4v) is 4.57. The molecule has 2 N–H and O–H groups in total. The van der Waals surface area contributed by atoms with E-state index in [0.29, 0.717) is 18.5 Å². The van der Waals surface area contributed by atoms with Crippen molar-refractivity contribution in [2.45, 2.75) is 44.8 Å². The summed E-state index contributed by atoms with van der Waals surface area (Å²) in [4.78, 5) is 42.7. The van der Waals surface area contributed by atoms with Crippen LogP contribution in [0.5, 0.6) is 0 Å². The molecule has 194 valence electrons. The van der Waals surface area contributed by atoms with E-state index in [1.165, 1.54) is 13.1 Å². The lowest BCUT2D eigenvalue weighted by atomic mass is 9.84. The number of nitriles is 1. The van der Waals surface area contributed by atoms with Crippen molar-refractivity contribution in [3.05, 3.63) is 89.6 Å². The highest BCUT2D eigenvalue weighted by atomic mass is 16.6. The molecule has 2 atom stereocenters. The minimum absolute atomic E-state index is 0.0723. The van der Waals surface area contributed by atoms with E-state index in [9.17, 15) is 14.4 Å². The first kappa shape index (κ1) is 26.4. The zero-order valence-electron chi connectivity index (χ0n) is 21.3. The number of hydrazine groups is 1. The molecule has 1 unspecified atom stereocenters. The topological polar surface area (TPSA) is 124 Å². The molecule has 2 aromatic carbocycles. The van der Waals surface area contributed by atoms with Gasteiger partial charge in [-0.25, -0.2) is 4.79 Å². The van der Waals surface area contributed by atoms with Gasteiger partial charge in [0, 0.05) is 44.5 Å². The van der Waals surface area contributed by atoms with Gasteiger partial charge in [-0.3, -0.25) is 25.4 Å². The number of cyclic esters (lactones) is 1. The van der Waals surface area contributed by atoms with Crippen LogP contribution in [0.15, 0.2) is 72.9 Å². The minimum atomic E-state index is -0.951. The Balaban J connectivity index is 1.47. The van der Waals surface area contributed by atoms with Crippen LogP contribution in [0.3, 0.4) is 0 Å². The fourth-order valence-electron chi connectivity index (χ4n) is 4.57. The van der Waals surface area contributed by atoms with Crippen molar-refractivity contribution >= 4 is 17.9 Å². The van der Waals surface area contributed by atoms with Gasteiger partial charge < -0.3 is 9.64 Å². The molecule has 0 saturated carbocycles. The summed E-state index contributed by atoms with van der Waals surface area (Å²) in [6.07, 6.45) is 1.95. The van der Waals surface area contributed by atoms with Crippen molar-refractivity contribution in [2.75, 3.05) is 6.54 Å². The number of carbonyl (C=O) groups excluding carboxylic acids is 3. The lowest BCUT2D eigenvalue weighted by Crippen LogP contribution is -2.49. The first-order chi connectivity index (χ1) is 18.3. The normalized spacial score (nSPS) is 17.6. The van der Waals surface area contributed by atoms with Crippen molar-refractivity contribution in [3.8, 4) is 17.3 Å². The predicted molar refractivity (Wildman–Crippen MR) is 140 cm³/mol. The molecule has 1 aliphatic rings. The minimum Gasteiger partial charge on any atom is -0.438 e. The molecular weight excluding hydrogens is 482 g/mol. The summed E-state index contributed by atoms with van der Waals surface area (Å²) in [6, 6.07) is 22.6. The summed E-state index contributed by atoms with van der Waals surface area (Å²) in [7, 11) is 0. The molecule has 0 radical (unpaired) electrons. The summed E-state index contributed by atoms with van der Waals surface area (Å²) in [5.74, 6) is -0.731. The Labute approximate surface area is 221 Å². The third-order valence-electron chi connectivity index (χ3n) is 6.76. The maximum Gasteiger partial charge on any atom is 0.411 e. The van der Waals surface area contributed by atoms with Crippen LogP contribution in [0.2, 0.25) is 0 Å². The Kier molecular flexibility index (Phi) is 8.02. The smallest absolute Gasteiger partial charge is 0.411 e. The number of benzene rings is 2. The van der Waals surface area contributed by atoms with Crippen molar-refractivity contribution < 1.29 is 19.1 Å². The van der Waals surface area contributed by atoms with E-state index in [1.807, 2.05) is 61.5 Å². The molecule has 9 nitrogen and oxygen atoms in total. The number of hydrogen-bond acceptors (Lipinski definition) is 6. The van der Waals surface area contributed by atoms with E-state index >= 15 is 0 Å². The van der Waals surface area contributed by atoms with Gasteiger partial charge in [-0.05, 0) is 30.2 Å². The quantitative estimate of drug-likeness (QED) is 0.454. The number of nitrogens with zero attached hydrogens (tertiary/aromatic N) is 3. The third kappa shape index (κ3) is 5.98. The molecule has 1 fully saturated rings. The summed E-state index contributed by atoms with van der Waals surface area (Å²) >= 11 is 0. The lowest BCUT2D eigenvalue weighted by molar-refractivity contribution is -0.129. The van der Waals surface area contributed by atoms with Crippen LogP contribution in [0.1, 0.15) is 55.8 Å². The predicted octanol–water partition coefficient (Wildman–Crippen LogP) is 4.37. The average Bonchev–Trinajstić information content (AvgIpc) is 2.95. The molecule has 4 rings (SSSR count). The van der Waals surface area contributed by atoms with Crippen LogP contribution in [0.4, 0.5) is 4.79 Å². The molecule has 9 heteroatoms. The summed E-state index contributed by atoms with van der Waals surface area (Å²) in [5.41, 5.74) is 7.64. The van der Waals surface area contributed by atoms with Gasteiger partial charge in [0.15, 0.2) is 0 Å². The van der Waals surface area contributed by atoms with Gasteiger partial charge in [-0.2, -0.15) is 5.26 Å². The molecular formula is C29H29N5O4. The standard InChI is InChI=1S/C29H29N5O4/c1-20(23-9-11-24(12-10-23)26-13-8-22(18-30)19-31-26)34-17-16-29(38-28(34)37,25-6-4-3-5-7-25)15-14-27(36)33-32-21(2)35/h3-13,19-20H,14-17H2,1-2H3,(H,32,35)(H,33,36)/t20-,29?/m0/s1. The van der Waals surface area contributed by atoms with Gasteiger partial charge in [-0.15, -0.1) is 0 Å². The highest BCUT2D eigenvalue weighted by Crippen LogP contribution is 2.40. The number of pyridine rings is 1. The highest BCUT2D eigenvalue weighted by molar-refractivity contribution is 5.80. The Morgan fingerprint density at radius 1 is 1.11 bits per heavy atom. The number of ether oxygens (including phenoxy) is 1. The monoisotopic (exact) mass is 511 g/mol. The molecule has 0 aliphatic carbocycles. The second-order valence-electron chi connectivity index (χ2n) is 9.24. The molecule has 1 aliphatic heterocycles. The van der Waals surface area contributed by atoms with Crippen LogP contribution in [0, 0.1) is 11.3 Å². The molecule has 2 heterocycles. The number of rotatable bonds is 7. The maximum atomic E-state index is 13.3. The average molecular weight is 512 g/mol. The van der Waals surface area contributed by atoms with Crippen LogP contribution in [-0.2, 0) is 19.9 Å². The summed E-state index contributed by atoms with van der Waals surface area (Å²) < 4.78 is 6.09. The molecule has 3 aromatic rings. The van der Waals surface area contributed by atoms with Gasteiger partial charge in [-0.1, -0.05) is 54.6 Å². The SMILES string of the molecule is CC(=O)NNC(=O)CCC1(c2ccccc2)CCN([C@@H](C)c2ccc(-c3ccc(C#N)cn3)cc2)C(=O)O1. The number of amides is 3. The second kappa shape index (κ2) is 11.6.